The topological polar surface area (TPSA) is 94.2 Å². The zero-order valence-electron chi connectivity index (χ0n) is 17.2. The molecule has 0 spiro atoms. The van der Waals surface area contributed by atoms with Crippen LogP contribution in [0.25, 0.3) is 16.9 Å². The van der Waals surface area contributed by atoms with Crippen LogP contribution >= 0.6 is 23.2 Å². The second kappa shape index (κ2) is 9.61. The summed E-state index contributed by atoms with van der Waals surface area (Å²) in [5.74, 6) is -0.128. The molecule has 0 bridgehead atoms. The average molecular weight is 470 g/mol. The van der Waals surface area contributed by atoms with Gasteiger partial charge in [-0.3, -0.25) is 10.2 Å². The quantitative estimate of drug-likeness (QED) is 0.574. The Balaban J connectivity index is 1.76. The number of nitrogens with one attached hydrogen (secondary N) is 1. The summed E-state index contributed by atoms with van der Waals surface area (Å²) in [5.41, 5.74) is 5.19. The average Bonchev–Trinajstić information content (AvgIpc) is 3.12. The number of carbonyl (C=O) groups excluding carboxylic acids is 1. The lowest BCUT2D eigenvalue weighted by molar-refractivity contribution is -0.125. The summed E-state index contributed by atoms with van der Waals surface area (Å²) < 4.78 is 1.55. The molecule has 0 saturated carbocycles. The van der Waals surface area contributed by atoms with E-state index in [1.54, 1.807) is 35.0 Å². The van der Waals surface area contributed by atoms with Gasteiger partial charge in [-0.1, -0.05) is 29.6 Å². The number of hydrogen-bond donors (Lipinski definition) is 2. The van der Waals surface area contributed by atoms with Gasteiger partial charge >= 0.3 is 0 Å². The third-order valence-electron chi connectivity index (χ3n) is 5.32. The van der Waals surface area contributed by atoms with Crippen LogP contribution in [0.3, 0.4) is 0 Å². The van der Waals surface area contributed by atoms with Gasteiger partial charge in [0.1, 0.15) is 17.4 Å². The van der Waals surface area contributed by atoms with Gasteiger partial charge in [-0.15, -0.1) is 0 Å². The van der Waals surface area contributed by atoms with Crippen molar-refractivity contribution in [2.45, 2.75) is 25.7 Å². The summed E-state index contributed by atoms with van der Waals surface area (Å²) in [6.07, 6.45) is 3.19. The van der Waals surface area contributed by atoms with Crippen molar-refractivity contribution < 1.29 is 9.90 Å². The largest absolute Gasteiger partial charge is 0.508 e. The van der Waals surface area contributed by atoms with E-state index in [1.165, 1.54) is 12.1 Å². The molecule has 0 aliphatic carbocycles. The highest BCUT2D eigenvalue weighted by Gasteiger charge is 2.24. The van der Waals surface area contributed by atoms with Crippen molar-refractivity contribution in [1.82, 2.24) is 20.2 Å². The molecule has 7 nitrogen and oxygen atoms in total. The highest BCUT2D eigenvalue weighted by molar-refractivity contribution is 6.35. The zero-order chi connectivity index (χ0) is 22.7. The van der Waals surface area contributed by atoms with Crippen LogP contribution in [0.1, 0.15) is 30.5 Å². The van der Waals surface area contributed by atoms with Gasteiger partial charge in [0.25, 0.3) is 0 Å². The second-order valence-electron chi connectivity index (χ2n) is 7.60. The van der Waals surface area contributed by atoms with Crippen LogP contribution in [-0.2, 0) is 11.2 Å². The molecule has 3 aromatic rings. The highest BCUT2D eigenvalue weighted by atomic mass is 35.5. The summed E-state index contributed by atoms with van der Waals surface area (Å²) in [6, 6.07) is 13.6. The van der Waals surface area contributed by atoms with Gasteiger partial charge in [-0.25, -0.2) is 9.69 Å². The van der Waals surface area contributed by atoms with E-state index in [0.717, 1.165) is 32.4 Å². The normalized spacial score (nSPS) is 14.2. The summed E-state index contributed by atoms with van der Waals surface area (Å²) in [4.78, 5) is 12.7. The summed E-state index contributed by atoms with van der Waals surface area (Å²) >= 11 is 12.5. The first-order valence-electron chi connectivity index (χ1n) is 10.3. The predicted octanol–water partition coefficient (Wildman–Crippen LogP) is 4.48. The molecule has 1 saturated heterocycles. The number of nitriles is 1. The van der Waals surface area contributed by atoms with Crippen molar-refractivity contribution in [3.8, 4) is 28.8 Å². The fourth-order valence-electron chi connectivity index (χ4n) is 3.79. The number of halogens is 2. The number of aromatic nitrogens is 2. The smallest absolute Gasteiger partial charge is 0.240 e. The van der Waals surface area contributed by atoms with Crippen LogP contribution in [-0.4, -0.2) is 38.9 Å². The van der Waals surface area contributed by atoms with E-state index in [2.05, 4.69) is 16.6 Å². The van der Waals surface area contributed by atoms with Gasteiger partial charge in [0.2, 0.25) is 5.91 Å². The molecular weight excluding hydrogens is 449 g/mol. The molecule has 1 aromatic heterocycles. The Morgan fingerprint density at radius 2 is 1.84 bits per heavy atom. The Kier molecular flexibility index (Phi) is 6.66. The number of amides is 1. The van der Waals surface area contributed by atoms with Crippen molar-refractivity contribution in [2.75, 3.05) is 13.1 Å². The molecule has 0 radical (unpaired) electrons. The van der Waals surface area contributed by atoms with E-state index >= 15 is 0 Å². The van der Waals surface area contributed by atoms with Gasteiger partial charge in [0.05, 0.1) is 28.5 Å². The lowest BCUT2D eigenvalue weighted by Crippen LogP contribution is -2.45. The maximum absolute atomic E-state index is 12.7. The molecule has 1 fully saturated rings. The number of rotatable bonds is 5. The minimum absolute atomic E-state index is 0.0529. The monoisotopic (exact) mass is 469 g/mol. The maximum atomic E-state index is 12.7. The minimum Gasteiger partial charge on any atom is -0.508 e. The zero-order valence-corrected chi connectivity index (χ0v) is 18.7. The molecule has 0 atom stereocenters. The Morgan fingerprint density at radius 3 is 2.50 bits per heavy atom. The SMILES string of the molecule is N#Cc1c(CC(=O)NN2CCCCC2)nn(-c2ccc(Cl)cc2Cl)c1-c1ccc(O)cc1. The van der Waals surface area contributed by atoms with Gasteiger partial charge in [-0.2, -0.15) is 10.4 Å². The van der Waals surface area contributed by atoms with Gasteiger partial charge in [0, 0.05) is 23.7 Å². The molecular formula is C23H21Cl2N5O2. The van der Waals surface area contributed by atoms with Crippen LogP contribution in [0, 0.1) is 11.3 Å². The molecule has 1 aliphatic heterocycles. The minimum atomic E-state index is -0.229. The third-order valence-corrected chi connectivity index (χ3v) is 5.85. The second-order valence-corrected chi connectivity index (χ2v) is 8.44. The van der Waals surface area contributed by atoms with Gasteiger partial charge in [-0.05, 0) is 55.3 Å². The van der Waals surface area contributed by atoms with Crippen molar-refractivity contribution in [3.05, 3.63) is 63.8 Å². The van der Waals surface area contributed by atoms with E-state index in [1.807, 2.05) is 5.01 Å². The first-order valence-corrected chi connectivity index (χ1v) is 11.0. The molecule has 32 heavy (non-hydrogen) atoms. The number of hydrogen-bond acceptors (Lipinski definition) is 5. The van der Waals surface area contributed by atoms with Crippen LogP contribution in [0.4, 0.5) is 0 Å². The van der Waals surface area contributed by atoms with Crippen LogP contribution in [0.2, 0.25) is 10.0 Å². The number of nitrogens with zero attached hydrogens (tertiary/aromatic N) is 4. The van der Waals surface area contributed by atoms with Crippen LogP contribution < -0.4 is 5.43 Å². The predicted molar refractivity (Wildman–Crippen MR) is 123 cm³/mol. The standard InChI is InChI=1S/C23H21Cl2N5O2/c24-16-6-9-21(19(25)12-16)30-23(15-4-7-17(31)8-5-15)18(14-26)20(27-30)13-22(32)28-29-10-2-1-3-11-29/h4-9,12,31H,1-3,10-11,13H2,(H,28,32). The Morgan fingerprint density at radius 1 is 1.12 bits per heavy atom. The summed E-state index contributed by atoms with van der Waals surface area (Å²) in [7, 11) is 0. The number of aromatic hydroxyl groups is 1. The third kappa shape index (κ3) is 4.73. The summed E-state index contributed by atoms with van der Waals surface area (Å²) in [5, 5.41) is 27.0. The van der Waals surface area contributed by atoms with Crippen molar-refractivity contribution in [3.63, 3.8) is 0 Å². The fourth-order valence-corrected chi connectivity index (χ4v) is 4.28. The lowest BCUT2D eigenvalue weighted by atomic mass is 10.0. The molecule has 1 amide bonds. The van der Waals surface area contributed by atoms with Crippen molar-refractivity contribution in [2.24, 2.45) is 0 Å². The molecule has 2 aromatic carbocycles. The number of piperidine rings is 1. The van der Waals surface area contributed by atoms with Crippen LogP contribution in [0.5, 0.6) is 5.75 Å². The first kappa shape index (κ1) is 22.2. The number of phenolic OH excluding ortho intramolecular Hbond substituents is 1. The maximum Gasteiger partial charge on any atom is 0.240 e. The van der Waals surface area contributed by atoms with Crippen LogP contribution in [0.15, 0.2) is 42.5 Å². The molecule has 9 heteroatoms. The van der Waals surface area contributed by atoms with Gasteiger partial charge in [0.15, 0.2) is 0 Å². The van der Waals surface area contributed by atoms with E-state index in [-0.39, 0.29) is 23.6 Å². The molecule has 0 unspecified atom stereocenters. The van der Waals surface area contributed by atoms with Crippen molar-refractivity contribution in [1.29, 1.82) is 5.26 Å². The van der Waals surface area contributed by atoms with E-state index in [0.29, 0.717) is 32.7 Å². The highest BCUT2D eigenvalue weighted by Crippen LogP contribution is 2.33. The molecule has 2 N–H and O–H groups in total. The number of benzene rings is 2. The van der Waals surface area contributed by atoms with Crippen molar-refractivity contribution >= 4 is 29.1 Å². The molecule has 164 valence electrons. The number of phenols is 1. The Labute approximate surface area is 195 Å². The number of carbonyl (C=O) groups is 1. The molecule has 1 aliphatic rings. The van der Waals surface area contributed by atoms with E-state index in [9.17, 15) is 15.2 Å². The lowest BCUT2D eigenvalue weighted by Gasteiger charge is -2.26. The Hall–Kier alpha value is -3.05. The fraction of sp³-hybridized carbons (Fsp3) is 0.261. The molecule has 2 heterocycles. The number of hydrazine groups is 1. The van der Waals surface area contributed by atoms with E-state index < -0.39 is 0 Å². The molecule has 4 rings (SSSR count). The summed E-state index contributed by atoms with van der Waals surface area (Å²) in [6.45, 7) is 1.62. The van der Waals surface area contributed by atoms with Gasteiger partial charge < -0.3 is 5.11 Å². The Bertz CT molecular complexity index is 1180. The first-order chi connectivity index (χ1) is 15.5. The van der Waals surface area contributed by atoms with E-state index in [4.69, 9.17) is 23.2 Å².